The largest absolute Gasteiger partial charge is 0.481 e. The summed E-state index contributed by atoms with van der Waals surface area (Å²) in [5, 5.41) is 9.54. The Morgan fingerprint density at radius 1 is 1.03 bits per heavy atom. The SMILES string of the molecule is CC(COC1CCCCO1)C[C@H](C)C[C@H](C)C[C@H](C)[C@H](CC(=O)O)O[Si](C)(C)C(C)(C)C. The Balaban J connectivity index is 2.50. The van der Waals surface area contributed by atoms with E-state index in [1.807, 2.05) is 0 Å². The van der Waals surface area contributed by atoms with E-state index in [-0.39, 0.29) is 29.8 Å². The smallest absolute Gasteiger partial charge is 0.305 e. The number of hydrogen-bond acceptors (Lipinski definition) is 4. The molecule has 0 aromatic carbocycles. The van der Waals surface area contributed by atoms with Gasteiger partial charge in [0.25, 0.3) is 0 Å². The Morgan fingerprint density at radius 2 is 1.62 bits per heavy atom. The second-order valence-corrected chi connectivity index (χ2v) is 16.9. The molecule has 190 valence electrons. The Morgan fingerprint density at radius 3 is 2.16 bits per heavy atom. The third-order valence-corrected chi connectivity index (χ3v) is 11.9. The molecule has 0 aromatic rings. The molecule has 1 saturated heterocycles. The molecule has 6 atom stereocenters. The number of carboxylic acids is 1. The van der Waals surface area contributed by atoms with Crippen LogP contribution in [0.1, 0.15) is 93.4 Å². The first kappa shape index (κ1) is 29.6. The number of carboxylic acid groups (broad SMARTS) is 1. The van der Waals surface area contributed by atoms with Crippen molar-refractivity contribution < 1.29 is 23.8 Å². The average Bonchev–Trinajstić information content (AvgIpc) is 2.64. The lowest BCUT2D eigenvalue weighted by Crippen LogP contribution is -2.46. The van der Waals surface area contributed by atoms with Crippen molar-refractivity contribution in [3.63, 3.8) is 0 Å². The van der Waals surface area contributed by atoms with Gasteiger partial charge in [-0.1, -0.05) is 48.5 Å². The summed E-state index contributed by atoms with van der Waals surface area (Å²) in [5.41, 5.74) is 0. The summed E-state index contributed by atoms with van der Waals surface area (Å²) in [5.74, 6) is 1.13. The van der Waals surface area contributed by atoms with Crippen molar-refractivity contribution in [3.8, 4) is 0 Å². The van der Waals surface area contributed by atoms with Crippen LogP contribution in [-0.4, -0.2) is 45.0 Å². The standard InChI is InChI=1S/C26H52O5Si/c1-19(15-21(3)18-30-25-12-10-11-13-29-25)14-20(2)16-22(4)23(17-24(27)28)31-32(8,9)26(5,6)7/h19-23,25H,10-18H2,1-9H3,(H,27,28)/t19-,20+,21?,22+,23+,25?/m1/s1. The molecule has 0 amide bonds. The van der Waals surface area contributed by atoms with Gasteiger partial charge >= 0.3 is 5.97 Å². The summed E-state index contributed by atoms with van der Waals surface area (Å²) in [6.07, 6.45) is 6.53. The minimum absolute atomic E-state index is 0.00616. The highest BCUT2D eigenvalue weighted by Crippen LogP contribution is 2.39. The van der Waals surface area contributed by atoms with Crippen LogP contribution < -0.4 is 0 Å². The Labute approximate surface area is 199 Å². The van der Waals surface area contributed by atoms with E-state index in [1.54, 1.807) is 0 Å². The molecule has 0 spiro atoms. The van der Waals surface area contributed by atoms with Crippen molar-refractivity contribution in [1.29, 1.82) is 0 Å². The maximum absolute atomic E-state index is 11.5. The lowest BCUT2D eigenvalue weighted by Gasteiger charge is -2.41. The van der Waals surface area contributed by atoms with Gasteiger partial charge in [0.05, 0.1) is 19.1 Å². The fraction of sp³-hybridized carbons (Fsp3) is 0.962. The molecule has 0 aliphatic carbocycles. The summed E-state index contributed by atoms with van der Waals surface area (Å²) in [6.45, 7) is 21.7. The van der Waals surface area contributed by atoms with Crippen molar-refractivity contribution in [2.75, 3.05) is 13.2 Å². The number of carbonyl (C=O) groups is 1. The monoisotopic (exact) mass is 472 g/mol. The number of rotatable bonds is 14. The van der Waals surface area contributed by atoms with Crippen LogP contribution >= 0.6 is 0 Å². The van der Waals surface area contributed by atoms with Crippen molar-refractivity contribution in [2.24, 2.45) is 23.7 Å². The van der Waals surface area contributed by atoms with E-state index in [0.29, 0.717) is 17.8 Å². The summed E-state index contributed by atoms with van der Waals surface area (Å²) in [7, 11) is -2.01. The summed E-state index contributed by atoms with van der Waals surface area (Å²) < 4.78 is 18.2. The third kappa shape index (κ3) is 11.1. The molecule has 1 heterocycles. The zero-order valence-corrected chi connectivity index (χ0v) is 23.4. The predicted octanol–water partition coefficient (Wildman–Crippen LogP) is 7.11. The van der Waals surface area contributed by atoms with Gasteiger partial charge in [-0.25, -0.2) is 0 Å². The molecule has 2 unspecified atom stereocenters. The van der Waals surface area contributed by atoms with Crippen LogP contribution in [0.5, 0.6) is 0 Å². The zero-order chi connectivity index (χ0) is 24.5. The van der Waals surface area contributed by atoms with Crippen LogP contribution in [0.15, 0.2) is 0 Å². The molecule has 1 aliphatic rings. The van der Waals surface area contributed by atoms with Crippen LogP contribution in [0.3, 0.4) is 0 Å². The van der Waals surface area contributed by atoms with Gasteiger partial charge in [0.2, 0.25) is 0 Å². The second-order valence-electron chi connectivity index (χ2n) is 12.1. The first-order valence-corrected chi connectivity index (χ1v) is 15.7. The van der Waals surface area contributed by atoms with E-state index < -0.39 is 14.3 Å². The van der Waals surface area contributed by atoms with Gasteiger partial charge in [0.15, 0.2) is 14.6 Å². The van der Waals surface area contributed by atoms with Gasteiger partial charge in [-0.3, -0.25) is 4.79 Å². The van der Waals surface area contributed by atoms with Crippen LogP contribution in [0.4, 0.5) is 0 Å². The van der Waals surface area contributed by atoms with Gasteiger partial charge in [0, 0.05) is 6.61 Å². The number of aliphatic carboxylic acids is 1. The minimum atomic E-state index is -2.01. The van der Waals surface area contributed by atoms with Gasteiger partial charge in [-0.15, -0.1) is 0 Å². The fourth-order valence-electron chi connectivity index (χ4n) is 4.62. The first-order valence-electron chi connectivity index (χ1n) is 12.8. The topological polar surface area (TPSA) is 65.0 Å². The van der Waals surface area contributed by atoms with E-state index in [2.05, 4.69) is 61.6 Å². The maximum atomic E-state index is 11.5. The van der Waals surface area contributed by atoms with Crippen molar-refractivity contribution in [3.05, 3.63) is 0 Å². The maximum Gasteiger partial charge on any atom is 0.305 e. The van der Waals surface area contributed by atoms with Crippen LogP contribution in [0.2, 0.25) is 18.1 Å². The predicted molar refractivity (Wildman–Crippen MR) is 134 cm³/mol. The highest BCUT2D eigenvalue weighted by Gasteiger charge is 2.40. The molecule has 32 heavy (non-hydrogen) atoms. The lowest BCUT2D eigenvalue weighted by molar-refractivity contribution is -0.168. The fourth-order valence-corrected chi connectivity index (χ4v) is 6.05. The molecule has 1 fully saturated rings. The lowest BCUT2D eigenvalue weighted by atomic mass is 9.84. The molecule has 0 aromatic heterocycles. The molecule has 1 aliphatic heterocycles. The normalized spacial score (nSPS) is 22.7. The highest BCUT2D eigenvalue weighted by atomic mass is 28.4. The minimum Gasteiger partial charge on any atom is -0.481 e. The van der Waals surface area contributed by atoms with Gasteiger partial charge in [-0.2, -0.15) is 0 Å². The highest BCUT2D eigenvalue weighted by molar-refractivity contribution is 6.74. The Kier molecular flexibility index (Phi) is 12.4. The summed E-state index contributed by atoms with van der Waals surface area (Å²) in [4.78, 5) is 11.5. The van der Waals surface area contributed by atoms with Crippen LogP contribution in [0.25, 0.3) is 0 Å². The van der Waals surface area contributed by atoms with E-state index in [0.717, 1.165) is 45.3 Å². The zero-order valence-electron chi connectivity index (χ0n) is 22.4. The van der Waals surface area contributed by atoms with Gasteiger partial charge in [0.1, 0.15) is 0 Å². The second kappa shape index (κ2) is 13.5. The van der Waals surface area contributed by atoms with Crippen LogP contribution in [-0.2, 0) is 18.7 Å². The molecule has 6 heteroatoms. The van der Waals surface area contributed by atoms with E-state index >= 15 is 0 Å². The molecular weight excluding hydrogens is 420 g/mol. The van der Waals surface area contributed by atoms with E-state index in [1.165, 1.54) is 6.42 Å². The van der Waals surface area contributed by atoms with Crippen LogP contribution in [0, 0.1) is 23.7 Å². The number of hydrogen-bond donors (Lipinski definition) is 1. The average molecular weight is 473 g/mol. The van der Waals surface area contributed by atoms with Crippen molar-refractivity contribution in [1.82, 2.24) is 0 Å². The molecule has 0 radical (unpaired) electrons. The molecule has 1 rings (SSSR count). The Bertz CT molecular complexity index is 539. The molecule has 5 nitrogen and oxygen atoms in total. The molecule has 0 bridgehead atoms. The quantitative estimate of drug-likeness (QED) is 0.273. The first-order chi connectivity index (χ1) is 14.7. The van der Waals surface area contributed by atoms with Crippen molar-refractivity contribution in [2.45, 2.75) is 124 Å². The summed E-state index contributed by atoms with van der Waals surface area (Å²) in [6, 6.07) is 0. The van der Waals surface area contributed by atoms with E-state index in [9.17, 15) is 9.90 Å². The molecule has 1 N–H and O–H groups in total. The Hall–Kier alpha value is -0.433. The van der Waals surface area contributed by atoms with Gasteiger partial charge < -0.3 is 19.0 Å². The van der Waals surface area contributed by atoms with Gasteiger partial charge in [-0.05, 0) is 80.3 Å². The molecule has 0 saturated carbocycles. The van der Waals surface area contributed by atoms with E-state index in [4.69, 9.17) is 13.9 Å². The number of ether oxygens (including phenoxy) is 2. The summed E-state index contributed by atoms with van der Waals surface area (Å²) >= 11 is 0. The van der Waals surface area contributed by atoms with Crippen molar-refractivity contribution >= 4 is 14.3 Å². The molecular formula is C26H52O5Si. The third-order valence-electron chi connectivity index (χ3n) is 7.35.